The Morgan fingerprint density at radius 1 is 1.05 bits per heavy atom. The van der Waals surface area contributed by atoms with Crippen molar-refractivity contribution >= 4 is 28.2 Å². The van der Waals surface area contributed by atoms with E-state index in [-0.39, 0.29) is 11.3 Å². The van der Waals surface area contributed by atoms with E-state index in [0.29, 0.717) is 5.65 Å². The lowest BCUT2D eigenvalue weighted by Crippen LogP contribution is -2.07. The molecular weight excluding hydrogens is 382 g/mol. The number of fused-ring (bicyclic) bond motifs is 1. The summed E-state index contributed by atoms with van der Waals surface area (Å²) in [4.78, 5) is 8.17. The summed E-state index contributed by atoms with van der Waals surface area (Å²) in [6, 6.07) is 5.40. The molecule has 0 spiro atoms. The van der Waals surface area contributed by atoms with Crippen LogP contribution in [0.25, 0.3) is 16.9 Å². The lowest BCUT2D eigenvalue weighted by Gasteiger charge is -2.12. The topological polar surface area (TPSA) is 30.2 Å². The van der Waals surface area contributed by atoms with E-state index in [1.165, 1.54) is 18.3 Å². The van der Waals surface area contributed by atoms with Crippen LogP contribution in [0.2, 0.25) is 0 Å². The van der Waals surface area contributed by atoms with Crippen LogP contribution in [0.4, 0.5) is 13.2 Å². The van der Waals surface area contributed by atoms with Gasteiger partial charge in [-0.25, -0.2) is 4.98 Å². The molecule has 0 radical (unpaired) electrons. The van der Waals surface area contributed by atoms with Crippen molar-refractivity contribution in [1.29, 1.82) is 0 Å². The van der Waals surface area contributed by atoms with E-state index >= 15 is 0 Å². The van der Waals surface area contributed by atoms with Crippen LogP contribution in [0.5, 0.6) is 0 Å². The van der Waals surface area contributed by atoms with Gasteiger partial charge in [0.1, 0.15) is 3.70 Å². The molecule has 20 heavy (non-hydrogen) atoms. The summed E-state index contributed by atoms with van der Waals surface area (Å²) in [6.07, 6.45) is 0.256. The smallest absolute Gasteiger partial charge is 0.291 e. The van der Waals surface area contributed by atoms with E-state index in [4.69, 9.17) is 0 Å². The fraction of sp³-hybridized carbons (Fsp3) is 0.0769. The van der Waals surface area contributed by atoms with Gasteiger partial charge in [-0.1, -0.05) is 18.2 Å². The summed E-state index contributed by atoms with van der Waals surface area (Å²) >= 11 is 2.06. The number of halogens is 4. The van der Waals surface area contributed by atoms with Crippen molar-refractivity contribution in [3.63, 3.8) is 0 Å². The van der Waals surface area contributed by atoms with Gasteiger partial charge in [-0.15, -0.1) is 0 Å². The summed E-state index contributed by atoms with van der Waals surface area (Å²) < 4.78 is 41.6. The molecule has 0 amide bonds. The Labute approximate surface area is 125 Å². The minimum atomic E-state index is -4.41. The second kappa shape index (κ2) is 4.72. The molecule has 3 nitrogen and oxygen atoms in total. The quantitative estimate of drug-likeness (QED) is 0.589. The number of hydrogen-bond donors (Lipinski definition) is 0. The van der Waals surface area contributed by atoms with Gasteiger partial charge in [0.15, 0.2) is 5.65 Å². The van der Waals surface area contributed by atoms with Gasteiger partial charge in [0.05, 0.1) is 23.7 Å². The first-order valence-electron chi connectivity index (χ1n) is 5.62. The highest BCUT2D eigenvalue weighted by atomic mass is 127. The summed E-state index contributed by atoms with van der Waals surface area (Å²) in [5.74, 6) is 0. The van der Waals surface area contributed by atoms with Crippen LogP contribution in [0.3, 0.4) is 0 Å². The molecular formula is C13H7F3IN3. The molecule has 0 unspecified atom stereocenters. The molecule has 0 saturated heterocycles. The molecule has 7 heteroatoms. The van der Waals surface area contributed by atoms with Crippen molar-refractivity contribution in [3.05, 3.63) is 52.1 Å². The molecule has 0 fully saturated rings. The van der Waals surface area contributed by atoms with Gasteiger partial charge in [-0.05, 0) is 28.7 Å². The highest BCUT2D eigenvalue weighted by Gasteiger charge is 2.33. The predicted molar refractivity (Wildman–Crippen MR) is 76.1 cm³/mol. The first-order chi connectivity index (χ1) is 9.47. The van der Waals surface area contributed by atoms with Crippen molar-refractivity contribution in [1.82, 2.24) is 14.4 Å². The van der Waals surface area contributed by atoms with Crippen LogP contribution >= 0.6 is 22.6 Å². The van der Waals surface area contributed by atoms with E-state index in [2.05, 4.69) is 32.6 Å². The first kappa shape index (κ1) is 13.3. The van der Waals surface area contributed by atoms with Crippen molar-refractivity contribution in [2.24, 2.45) is 0 Å². The maximum absolute atomic E-state index is 13.0. The van der Waals surface area contributed by atoms with Gasteiger partial charge < -0.3 is 0 Å². The van der Waals surface area contributed by atoms with Crippen LogP contribution in [-0.2, 0) is 6.18 Å². The molecule has 3 rings (SSSR count). The zero-order valence-corrected chi connectivity index (χ0v) is 12.1. The largest absolute Gasteiger partial charge is 0.417 e. The zero-order chi connectivity index (χ0) is 14.3. The van der Waals surface area contributed by atoms with Crippen LogP contribution in [0, 0.1) is 3.70 Å². The summed E-state index contributed by atoms with van der Waals surface area (Å²) in [5.41, 5.74) is 0.234. The van der Waals surface area contributed by atoms with Gasteiger partial charge in [0.25, 0.3) is 0 Å². The third-order valence-electron chi connectivity index (χ3n) is 2.86. The molecule has 0 saturated carbocycles. The third kappa shape index (κ3) is 2.26. The predicted octanol–water partition coefficient (Wildman–Crippen LogP) is 4.02. The number of aromatic nitrogens is 3. The molecule has 0 bridgehead atoms. The van der Waals surface area contributed by atoms with Crippen molar-refractivity contribution < 1.29 is 13.2 Å². The lowest BCUT2D eigenvalue weighted by atomic mass is 10.0. The molecule has 2 aromatic heterocycles. The Bertz CT molecular complexity index is 780. The van der Waals surface area contributed by atoms with Gasteiger partial charge in [0.2, 0.25) is 0 Å². The number of rotatable bonds is 1. The van der Waals surface area contributed by atoms with E-state index in [1.807, 2.05) is 0 Å². The maximum Gasteiger partial charge on any atom is 0.417 e. The molecule has 0 aliphatic carbocycles. The van der Waals surface area contributed by atoms with Gasteiger partial charge >= 0.3 is 6.18 Å². The van der Waals surface area contributed by atoms with Crippen molar-refractivity contribution in [2.45, 2.75) is 6.18 Å². The number of imidazole rings is 1. The summed E-state index contributed by atoms with van der Waals surface area (Å²) in [7, 11) is 0. The first-order valence-corrected chi connectivity index (χ1v) is 6.70. The SMILES string of the molecule is FC(F)(F)c1ccccc1-c1cn2c(I)cnc2cn1. The lowest BCUT2D eigenvalue weighted by molar-refractivity contribution is -0.137. The minimum Gasteiger partial charge on any atom is -0.291 e. The summed E-state index contributed by atoms with van der Waals surface area (Å²) in [6.45, 7) is 0. The Morgan fingerprint density at radius 3 is 2.55 bits per heavy atom. The molecule has 2 heterocycles. The van der Waals surface area contributed by atoms with E-state index < -0.39 is 11.7 Å². The van der Waals surface area contributed by atoms with E-state index in [0.717, 1.165) is 9.77 Å². The monoisotopic (exact) mass is 389 g/mol. The molecule has 1 aromatic carbocycles. The van der Waals surface area contributed by atoms with E-state index in [9.17, 15) is 13.2 Å². The van der Waals surface area contributed by atoms with Gasteiger partial charge in [0, 0.05) is 11.8 Å². The second-order valence-corrected chi connectivity index (χ2v) is 5.23. The van der Waals surface area contributed by atoms with Gasteiger partial charge in [-0.2, -0.15) is 13.2 Å². The van der Waals surface area contributed by atoms with Crippen LogP contribution in [0.15, 0.2) is 42.9 Å². The molecule has 0 atom stereocenters. The summed E-state index contributed by atoms with van der Waals surface area (Å²) in [5, 5.41) is 0. The van der Waals surface area contributed by atoms with Crippen LogP contribution < -0.4 is 0 Å². The highest BCUT2D eigenvalue weighted by Crippen LogP contribution is 2.36. The zero-order valence-electron chi connectivity index (χ0n) is 9.89. The highest BCUT2D eigenvalue weighted by molar-refractivity contribution is 14.1. The molecule has 102 valence electrons. The van der Waals surface area contributed by atoms with Gasteiger partial charge in [-0.3, -0.25) is 9.38 Å². The Kier molecular flexibility index (Phi) is 3.15. The Hall–Kier alpha value is -1.64. The van der Waals surface area contributed by atoms with E-state index in [1.54, 1.807) is 22.9 Å². The average molecular weight is 389 g/mol. The maximum atomic E-state index is 13.0. The fourth-order valence-electron chi connectivity index (χ4n) is 1.95. The Balaban J connectivity index is 2.23. The molecule has 0 aliphatic heterocycles. The van der Waals surface area contributed by atoms with Crippen molar-refractivity contribution in [3.8, 4) is 11.3 Å². The minimum absolute atomic E-state index is 0.0615. The normalized spacial score (nSPS) is 12.0. The number of alkyl halides is 3. The standard InChI is InChI=1S/C13H7F3IN3/c14-13(15,16)9-4-2-1-3-8(9)10-7-20-11(17)5-19-12(20)6-18-10/h1-7H. The fourth-order valence-corrected chi connectivity index (χ4v) is 2.48. The molecule has 0 aliphatic rings. The average Bonchev–Trinajstić information content (AvgIpc) is 2.79. The number of hydrogen-bond acceptors (Lipinski definition) is 2. The molecule has 3 aromatic rings. The second-order valence-electron chi connectivity index (χ2n) is 4.13. The third-order valence-corrected chi connectivity index (χ3v) is 3.66. The number of nitrogens with zero attached hydrogens (tertiary/aromatic N) is 3. The van der Waals surface area contributed by atoms with Crippen LogP contribution in [0.1, 0.15) is 5.56 Å². The van der Waals surface area contributed by atoms with Crippen molar-refractivity contribution in [2.75, 3.05) is 0 Å². The Morgan fingerprint density at radius 2 is 1.80 bits per heavy atom. The van der Waals surface area contributed by atoms with Crippen LogP contribution in [-0.4, -0.2) is 14.4 Å². The number of benzene rings is 1. The molecule has 0 N–H and O–H groups in total.